The number of anilines is 2. The molecule has 0 atom stereocenters. The first kappa shape index (κ1) is 24.0. The molecule has 2 aliphatic carbocycles. The second-order valence-corrected chi connectivity index (χ2v) is 11.8. The van der Waals surface area contributed by atoms with Crippen LogP contribution in [0.15, 0.2) is 133 Å². The molecule has 1 N–H and O–H groups in total. The lowest BCUT2D eigenvalue weighted by atomic mass is 9.80. The molecule has 0 bridgehead atoms. The zero-order valence-electron chi connectivity index (χ0n) is 23.5. The van der Waals surface area contributed by atoms with E-state index in [-0.39, 0.29) is 5.41 Å². The normalized spacial score (nSPS) is 15.4. The lowest BCUT2D eigenvalue weighted by molar-refractivity contribution is 0.651. The van der Waals surface area contributed by atoms with Gasteiger partial charge in [-0.2, -0.15) is 0 Å². The number of nitrogens with zero attached hydrogens (tertiary/aromatic N) is 1. The van der Waals surface area contributed by atoms with Gasteiger partial charge < -0.3 is 9.88 Å². The summed E-state index contributed by atoms with van der Waals surface area (Å²) in [6.07, 6.45) is 6.93. The van der Waals surface area contributed by atoms with Crippen molar-refractivity contribution in [1.29, 1.82) is 0 Å². The Bertz CT molecular complexity index is 1980. The van der Waals surface area contributed by atoms with Gasteiger partial charge in [-0.05, 0) is 83.1 Å². The second-order valence-electron chi connectivity index (χ2n) is 11.8. The molecule has 0 saturated carbocycles. The van der Waals surface area contributed by atoms with E-state index in [1.807, 2.05) is 0 Å². The summed E-state index contributed by atoms with van der Waals surface area (Å²) in [6, 6.07) is 41.9. The zero-order chi connectivity index (χ0) is 27.6. The number of nitrogens with one attached hydrogen (secondary N) is 1. The quantitative estimate of drug-likeness (QED) is 0.241. The van der Waals surface area contributed by atoms with Gasteiger partial charge in [-0.25, -0.2) is 0 Å². The highest BCUT2D eigenvalue weighted by molar-refractivity contribution is 6.09. The fourth-order valence-corrected chi connectivity index (χ4v) is 7.09. The van der Waals surface area contributed by atoms with Crippen LogP contribution in [-0.4, -0.2) is 4.57 Å². The number of hydrogen-bond donors (Lipinski definition) is 1. The van der Waals surface area contributed by atoms with Crippen molar-refractivity contribution in [3.8, 4) is 16.8 Å². The molecule has 1 aromatic heterocycles. The molecule has 0 saturated heterocycles. The summed E-state index contributed by atoms with van der Waals surface area (Å²) in [5.74, 6) is 0. The molecule has 0 spiro atoms. The molecule has 2 heteroatoms. The molecule has 0 aliphatic heterocycles. The summed E-state index contributed by atoms with van der Waals surface area (Å²) >= 11 is 0. The Hall–Kier alpha value is -4.82. The summed E-state index contributed by atoms with van der Waals surface area (Å²) in [6.45, 7) is 4.71. The standard InChI is InChI=1S/C39H32N2/c1-39(2)34-15-7-3-12-30(34)33-25-28(23-24-35(33)39)40-27-21-19-26(20-22-27)29-11-4-8-16-36(29)41-37-17-9-5-13-31(37)32-14-6-10-18-38(32)41/h4-11,13-25,40H,3,12H2,1-2H3. The molecule has 6 aromatic rings. The first-order valence-electron chi connectivity index (χ1n) is 14.6. The molecular formula is C39H32N2. The lowest BCUT2D eigenvalue weighted by Crippen LogP contribution is -2.16. The van der Waals surface area contributed by atoms with Gasteiger partial charge in [0, 0.05) is 33.1 Å². The fraction of sp³-hybridized carbons (Fsp3) is 0.128. The summed E-state index contributed by atoms with van der Waals surface area (Å²) in [5, 5.41) is 6.24. The number of hydrogen-bond acceptors (Lipinski definition) is 1. The number of aromatic nitrogens is 1. The van der Waals surface area contributed by atoms with Crippen LogP contribution in [0.2, 0.25) is 0 Å². The van der Waals surface area contributed by atoms with Crippen LogP contribution in [0.3, 0.4) is 0 Å². The van der Waals surface area contributed by atoms with Crippen LogP contribution in [-0.2, 0) is 5.41 Å². The average Bonchev–Trinajstić information content (AvgIpc) is 3.47. The van der Waals surface area contributed by atoms with E-state index in [9.17, 15) is 0 Å². The van der Waals surface area contributed by atoms with E-state index in [0.29, 0.717) is 0 Å². The number of para-hydroxylation sites is 3. The van der Waals surface area contributed by atoms with Crippen molar-refractivity contribution in [1.82, 2.24) is 4.57 Å². The van der Waals surface area contributed by atoms with E-state index >= 15 is 0 Å². The van der Waals surface area contributed by atoms with E-state index in [1.165, 1.54) is 60.9 Å². The minimum atomic E-state index is 0.0749. The van der Waals surface area contributed by atoms with E-state index in [0.717, 1.165) is 24.2 Å². The predicted molar refractivity (Wildman–Crippen MR) is 174 cm³/mol. The summed E-state index contributed by atoms with van der Waals surface area (Å²) < 4.78 is 2.40. The smallest absolute Gasteiger partial charge is 0.0541 e. The monoisotopic (exact) mass is 528 g/mol. The topological polar surface area (TPSA) is 17.0 Å². The minimum absolute atomic E-state index is 0.0749. The molecule has 0 amide bonds. The van der Waals surface area contributed by atoms with Crippen LogP contribution in [0.4, 0.5) is 11.4 Å². The first-order valence-corrected chi connectivity index (χ1v) is 14.6. The molecular weight excluding hydrogens is 496 g/mol. The second kappa shape index (κ2) is 9.11. The molecule has 2 aliphatic rings. The third-order valence-electron chi connectivity index (χ3n) is 9.07. The molecule has 2 nitrogen and oxygen atoms in total. The zero-order valence-corrected chi connectivity index (χ0v) is 23.5. The third-order valence-corrected chi connectivity index (χ3v) is 9.07. The SMILES string of the molecule is CC1(C)C2=C(CCC=C2)c2cc(Nc3ccc(-c4ccccc4-n4c5ccccc5c5ccccc54)cc3)ccc21. The molecule has 0 radical (unpaired) electrons. The Morgan fingerprint density at radius 1 is 0.659 bits per heavy atom. The molecule has 41 heavy (non-hydrogen) atoms. The molecule has 0 unspecified atom stereocenters. The summed E-state index contributed by atoms with van der Waals surface area (Å²) in [4.78, 5) is 0. The van der Waals surface area contributed by atoms with Crippen molar-refractivity contribution >= 4 is 38.8 Å². The van der Waals surface area contributed by atoms with Gasteiger partial charge in [0.15, 0.2) is 0 Å². The van der Waals surface area contributed by atoms with Crippen molar-refractivity contribution in [2.45, 2.75) is 32.1 Å². The van der Waals surface area contributed by atoms with Gasteiger partial charge in [-0.1, -0.05) is 98.8 Å². The molecule has 8 rings (SSSR count). The van der Waals surface area contributed by atoms with E-state index in [2.05, 4.69) is 151 Å². The van der Waals surface area contributed by atoms with Crippen LogP contribution in [0.1, 0.15) is 37.8 Å². The molecule has 1 heterocycles. The highest BCUT2D eigenvalue weighted by Crippen LogP contribution is 2.50. The Morgan fingerprint density at radius 3 is 2.07 bits per heavy atom. The van der Waals surface area contributed by atoms with E-state index < -0.39 is 0 Å². The highest BCUT2D eigenvalue weighted by Gasteiger charge is 2.36. The molecule has 0 fully saturated rings. The first-order chi connectivity index (χ1) is 20.1. The van der Waals surface area contributed by atoms with Crippen LogP contribution in [0.25, 0.3) is 44.2 Å². The van der Waals surface area contributed by atoms with Gasteiger partial charge in [0.25, 0.3) is 0 Å². The van der Waals surface area contributed by atoms with Gasteiger partial charge in [-0.15, -0.1) is 0 Å². The number of allylic oxidation sites excluding steroid dienone is 4. The maximum absolute atomic E-state index is 3.68. The predicted octanol–water partition coefficient (Wildman–Crippen LogP) is 10.6. The summed E-state index contributed by atoms with van der Waals surface area (Å²) in [7, 11) is 0. The lowest BCUT2D eigenvalue weighted by Gasteiger charge is -2.24. The fourth-order valence-electron chi connectivity index (χ4n) is 7.09. The van der Waals surface area contributed by atoms with Gasteiger partial charge in [0.1, 0.15) is 0 Å². The third kappa shape index (κ3) is 3.71. The Kier molecular flexibility index (Phi) is 5.33. The van der Waals surface area contributed by atoms with E-state index in [4.69, 9.17) is 0 Å². The van der Waals surface area contributed by atoms with Crippen molar-refractivity contribution in [3.05, 3.63) is 144 Å². The van der Waals surface area contributed by atoms with Crippen LogP contribution >= 0.6 is 0 Å². The Balaban J connectivity index is 1.15. The molecule has 198 valence electrons. The van der Waals surface area contributed by atoms with Gasteiger partial charge in [-0.3, -0.25) is 0 Å². The minimum Gasteiger partial charge on any atom is -0.356 e. The number of rotatable bonds is 4. The maximum Gasteiger partial charge on any atom is 0.0541 e. The van der Waals surface area contributed by atoms with Crippen LogP contribution in [0.5, 0.6) is 0 Å². The Labute approximate surface area is 241 Å². The van der Waals surface area contributed by atoms with Crippen molar-refractivity contribution in [3.63, 3.8) is 0 Å². The average molecular weight is 529 g/mol. The highest BCUT2D eigenvalue weighted by atomic mass is 15.0. The number of benzene rings is 5. The summed E-state index contributed by atoms with van der Waals surface area (Å²) in [5.41, 5.74) is 14.2. The van der Waals surface area contributed by atoms with Gasteiger partial charge in [0.2, 0.25) is 0 Å². The van der Waals surface area contributed by atoms with Crippen LogP contribution < -0.4 is 5.32 Å². The largest absolute Gasteiger partial charge is 0.356 e. The molecule has 5 aromatic carbocycles. The Morgan fingerprint density at radius 2 is 1.32 bits per heavy atom. The van der Waals surface area contributed by atoms with Crippen molar-refractivity contribution in [2.24, 2.45) is 0 Å². The van der Waals surface area contributed by atoms with Gasteiger partial charge in [0.05, 0.1) is 16.7 Å². The maximum atomic E-state index is 3.68. The van der Waals surface area contributed by atoms with Gasteiger partial charge >= 0.3 is 0 Å². The van der Waals surface area contributed by atoms with Crippen LogP contribution in [0, 0.1) is 0 Å². The van der Waals surface area contributed by atoms with E-state index in [1.54, 1.807) is 0 Å². The van der Waals surface area contributed by atoms with Crippen molar-refractivity contribution in [2.75, 3.05) is 5.32 Å². The van der Waals surface area contributed by atoms with Crippen molar-refractivity contribution < 1.29 is 0 Å². The number of fused-ring (bicyclic) bond motifs is 5.